The molecule has 0 spiro atoms. The van der Waals surface area contributed by atoms with E-state index in [4.69, 9.17) is 28.6 Å². The molecule has 2 aliphatic heterocycles. The standard InChI is InChI=1S/C24H21ClN2O4S2/c1-2-31-19(28)8-5-13-26-23(30)21(33-24(26)32)20-17-6-3-4-7-18(17)27(22(20)29)14-15-9-11-16(25)12-10-15/h3-4,6-7,9-12H,2,5,8,13-14H2,1H3/b21-20-. The molecule has 9 heteroatoms. The number of hydrogen-bond donors (Lipinski definition) is 0. The second kappa shape index (κ2) is 10.1. The van der Waals surface area contributed by atoms with E-state index in [9.17, 15) is 14.4 Å². The van der Waals surface area contributed by atoms with Crippen LogP contribution in [-0.4, -0.2) is 40.2 Å². The highest BCUT2D eigenvalue weighted by molar-refractivity contribution is 8.26. The molecule has 1 saturated heterocycles. The molecule has 0 bridgehead atoms. The van der Waals surface area contributed by atoms with Gasteiger partial charge in [-0.1, -0.05) is 65.9 Å². The van der Waals surface area contributed by atoms with E-state index in [-0.39, 0.29) is 24.2 Å². The van der Waals surface area contributed by atoms with Gasteiger partial charge in [-0.2, -0.15) is 0 Å². The van der Waals surface area contributed by atoms with Crippen LogP contribution in [0.15, 0.2) is 53.4 Å². The van der Waals surface area contributed by atoms with E-state index in [0.717, 1.165) is 23.0 Å². The highest BCUT2D eigenvalue weighted by atomic mass is 35.5. The Bertz CT molecular complexity index is 1160. The summed E-state index contributed by atoms with van der Waals surface area (Å²) in [6.45, 7) is 2.72. The number of hydrogen-bond acceptors (Lipinski definition) is 6. The Morgan fingerprint density at radius 3 is 2.52 bits per heavy atom. The van der Waals surface area contributed by atoms with Gasteiger partial charge in [0.1, 0.15) is 4.32 Å². The molecule has 0 saturated carbocycles. The number of nitrogens with zero attached hydrogens (tertiary/aromatic N) is 2. The molecule has 0 aromatic heterocycles. The van der Waals surface area contributed by atoms with Crippen molar-refractivity contribution in [3.05, 3.63) is 69.6 Å². The molecule has 2 aromatic carbocycles. The molecule has 2 amide bonds. The normalized spacial score (nSPS) is 17.7. The average Bonchev–Trinajstić information content (AvgIpc) is 3.23. The molecule has 4 rings (SSSR count). The van der Waals surface area contributed by atoms with Gasteiger partial charge in [0.15, 0.2) is 0 Å². The van der Waals surface area contributed by atoms with Gasteiger partial charge in [0.25, 0.3) is 11.8 Å². The summed E-state index contributed by atoms with van der Waals surface area (Å²) < 4.78 is 5.32. The molecular formula is C24H21ClN2O4S2. The predicted octanol–water partition coefficient (Wildman–Crippen LogP) is 4.80. The van der Waals surface area contributed by atoms with E-state index in [1.165, 1.54) is 4.90 Å². The molecule has 2 heterocycles. The van der Waals surface area contributed by atoms with Crippen molar-refractivity contribution in [2.24, 2.45) is 0 Å². The molecule has 0 radical (unpaired) electrons. The fourth-order valence-corrected chi connectivity index (χ4v) is 5.29. The number of benzene rings is 2. The smallest absolute Gasteiger partial charge is 0.305 e. The van der Waals surface area contributed by atoms with Gasteiger partial charge < -0.3 is 9.64 Å². The van der Waals surface area contributed by atoms with Gasteiger partial charge >= 0.3 is 5.97 Å². The van der Waals surface area contributed by atoms with Gasteiger partial charge in [0, 0.05) is 23.6 Å². The summed E-state index contributed by atoms with van der Waals surface area (Å²) in [7, 11) is 0. The first kappa shape index (κ1) is 23.5. The van der Waals surface area contributed by atoms with Gasteiger partial charge in [0.05, 0.1) is 29.3 Å². The highest BCUT2D eigenvalue weighted by Gasteiger charge is 2.41. The SMILES string of the molecule is CCOC(=O)CCCN1C(=O)/C(=C2/C(=O)N(Cc3ccc(Cl)cc3)c3ccccc32)SC1=S. The summed E-state index contributed by atoms with van der Waals surface area (Å²) in [5.74, 6) is -0.849. The lowest BCUT2D eigenvalue weighted by Gasteiger charge is -2.17. The molecule has 2 aromatic rings. The lowest BCUT2D eigenvalue weighted by molar-refractivity contribution is -0.143. The molecular weight excluding hydrogens is 480 g/mol. The van der Waals surface area contributed by atoms with Crippen LogP contribution in [-0.2, 0) is 25.7 Å². The zero-order valence-corrected chi connectivity index (χ0v) is 20.3. The number of thioether (sulfide) groups is 1. The van der Waals surface area contributed by atoms with Gasteiger partial charge in [0.2, 0.25) is 0 Å². The van der Waals surface area contributed by atoms with Gasteiger partial charge in [-0.3, -0.25) is 19.3 Å². The summed E-state index contributed by atoms with van der Waals surface area (Å²) in [6.07, 6.45) is 0.633. The zero-order chi connectivity index (χ0) is 23.5. The number of anilines is 1. The van der Waals surface area contributed by atoms with Gasteiger partial charge in [-0.05, 0) is 37.1 Å². The van der Waals surface area contributed by atoms with Gasteiger partial charge in [-0.25, -0.2) is 0 Å². The van der Waals surface area contributed by atoms with Crippen molar-refractivity contribution >= 4 is 68.9 Å². The van der Waals surface area contributed by atoms with Crippen molar-refractivity contribution < 1.29 is 19.1 Å². The second-order valence-corrected chi connectivity index (χ2v) is 9.55. The molecule has 33 heavy (non-hydrogen) atoms. The number of carbonyl (C=O) groups excluding carboxylic acids is 3. The van der Waals surface area contributed by atoms with Gasteiger partial charge in [-0.15, -0.1) is 0 Å². The molecule has 0 atom stereocenters. The number of ether oxygens (including phenoxy) is 1. The van der Waals surface area contributed by atoms with Crippen molar-refractivity contribution in [3.63, 3.8) is 0 Å². The zero-order valence-electron chi connectivity index (χ0n) is 17.9. The van der Waals surface area contributed by atoms with Crippen LogP contribution in [0, 0.1) is 0 Å². The molecule has 0 unspecified atom stereocenters. The summed E-state index contributed by atoms with van der Waals surface area (Å²) in [5.41, 5.74) is 2.75. The number of carbonyl (C=O) groups is 3. The Morgan fingerprint density at radius 2 is 1.79 bits per heavy atom. The minimum absolute atomic E-state index is 0.202. The predicted molar refractivity (Wildman–Crippen MR) is 134 cm³/mol. The number of amides is 2. The van der Waals surface area contributed by atoms with Crippen molar-refractivity contribution in [2.75, 3.05) is 18.1 Å². The summed E-state index contributed by atoms with van der Waals surface area (Å²) in [5, 5.41) is 0.624. The minimum atomic E-state index is -0.306. The number of thiocarbonyl (C=S) groups is 1. The Labute approximate surface area is 206 Å². The number of halogens is 1. The van der Waals surface area contributed by atoms with Crippen LogP contribution in [0.2, 0.25) is 5.02 Å². The lowest BCUT2D eigenvalue weighted by atomic mass is 10.1. The van der Waals surface area contributed by atoms with E-state index < -0.39 is 0 Å². The van der Waals surface area contributed by atoms with E-state index in [2.05, 4.69) is 0 Å². The number of rotatable bonds is 7. The maximum Gasteiger partial charge on any atom is 0.305 e. The summed E-state index contributed by atoms with van der Waals surface area (Å²) in [6, 6.07) is 14.7. The third-order valence-corrected chi connectivity index (χ3v) is 7.02. The lowest BCUT2D eigenvalue weighted by Crippen LogP contribution is -2.30. The van der Waals surface area contributed by atoms with E-state index in [1.807, 2.05) is 36.4 Å². The maximum absolute atomic E-state index is 13.5. The summed E-state index contributed by atoms with van der Waals surface area (Å²) in [4.78, 5) is 41.8. The van der Waals surface area contributed by atoms with Crippen molar-refractivity contribution in [1.29, 1.82) is 0 Å². The van der Waals surface area contributed by atoms with E-state index in [0.29, 0.717) is 51.5 Å². The molecule has 2 aliphatic rings. The fourth-order valence-electron chi connectivity index (χ4n) is 3.79. The largest absolute Gasteiger partial charge is 0.466 e. The van der Waals surface area contributed by atoms with Crippen LogP contribution >= 0.6 is 35.6 Å². The van der Waals surface area contributed by atoms with Crippen molar-refractivity contribution in [2.45, 2.75) is 26.3 Å². The fraction of sp³-hybridized carbons (Fsp3) is 0.250. The van der Waals surface area contributed by atoms with Crippen LogP contribution in [0.1, 0.15) is 30.9 Å². The quantitative estimate of drug-likeness (QED) is 0.309. The highest BCUT2D eigenvalue weighted by Crippen LogP contribution is 2.45. The summed E-state index contributed by atoms with van der Waals surface area (Å²) >= 11 is 12.5. The van der Waals surface area contributed by atoms with E-state index >= 15 is 0 Å². The Balaban J connectivity index is 1.59. The first-order valence-corrected chi connectivity index (χ1v) is 12.1. The topological polar surface area (TPSA) is 66.9 Å². The Kier molecular flexibility index (Phi) is 7.17. The van der Waals surface area contributed by atoms with Crippen molar-refractivity contribution in [1.82, 2.24) is 4.90 Å². The third-order valence-electron chi connectivity index (χ3n) is 5.32. The third kappa shape index (κ3) is 4.83. The van der Waals surface area contributed by atoms with Crippen molar-refractivity contribution in [3.8, 4) is 0 Å². The second-order valence-electron chi connectivity index (χ2n) is 7.47. The Morgan fingerprint density at radius 1 is 1.06 bits per heavy atom. The molecule has 170 valence electrons. The molecule has 1 fully saturated rings. The number of esters is 1. The van der Waals surface area contributed by atoms with Crippen LogP contribution in [0.3, 0.4) is 0 Å². The minimum Gasteiger partial charge on any atom is -0.466 e. The Hall–Kier alpha value is -2.68. The first-order chi connectivity index (χ1) is 15.9. The average molecular weight is 501 g/mol. The van der Waals surface area contributed by atoms with Crippen LogP contribution in [0.25, 0.3) is 5.57 Å². The van der Waals surface area contributed by atoms with E-state index in [1.54, 1.807) is 24.0 Å². The monoisotopic (exact) mass is 500 g/mol. The first-order valence-electron chi connectivity index (χ1n) is 10.5. The molecule has 0 aliphatic carbocycles. The van der Waals surface area contributed by atoms with Crippen LogP contribution < -0.4 is 4.90 Å². The molecule has 0 N–H and O–H groups in total. The number of para-hydroxylation sites is 1. The number of fused-ring (bicyclic) bond motifs is 1. The van der Waals surface area contributed by atoms with Crippen LogP contribution in [0.4, 0.5) is 5.69 Å². The maximum atomic E-state index is 13.5. The molecule has 6 nitrogen and oxygen atoms in total. The van der Waals surface area contributed by atoms with Crippen LogP contribution in [0.5, 0.6) is 0 Å².